The van der Waals surface area contributed by atoms with Gasteiger partial charge in [0, 0.05) is 60.5 Å². The number of aliphatic hydroxyl groups is 3. The van der Waals surface area contributed by atoms with Gasteiger partial charge in [0.25, 0.3) is 5.91 Å². The van der Waals surface area contributed by atoms with Crippen LogP contribution in [0.25, 0.3) is 0 Å². The number of hydrogen-bond acceptors (Lipinski definition) is 16. The number of phenolic OH excluding ortho intramolecular Hbond substituents is 2. The topological polar surface area (TPSA) is 269 Å². The van der Waals surface area contributed by atoms with E-state index in [9.17, 15) is 54.3 Å². The molecule has 3 heterocycles. The number of fused-ring (bicyclic) bond motifs is 3. The summed E-state index contributed by atoms with van der Waals surface area (Å²) in [4.78, 5) is 85.8. The number of carbonyl (C=O) groups is 6. The number of carbonyl (C=O) groups excluding carboxylic acids is 6. The Labute approximate surface area is 336 Å². The zero-order valence-corrected chi connectivity index (χ0v) is 32.2. The fourth-order valence-corrected chi connectivity index (χ4v) is 8.39. The number of esters is 1. The van der Waals surface area contributed by atoms with Gasteiger partial charge in [-0.2, -0.15) is 0 Å². The molecule has 0 bridgehead atoms. The molecule has 2 aromatic carbocycles. The summed E-state index contributed by atoms with van der Waals surface area (Å²) >= 11 is 0. The van der Waals surface area contributed by atoms with Gasteiger partial charge in [-0.05, 0) is 44.9 Å². The standard InChI is InChI=1S/C41H43N3O15/c1-18(43-38(52)20-9-11-42-12-10-20)39(53)44-13-5-7-23(44)40(54)59-25-14-28(57-19(2)33(25)47)58-26-16-41(55,27(46)17-45)15-22-30(26)37(51)32-31(35(22)49)34(48)21-6-4-8-24(56-3)29(21)36(32)50/h4,6,8-12,18-19,23,25-26,28,33,45,47,49,51,55H,5,7,13-17H2,1-3H3,(H,43,52)/t18-,19?,23+,25?,26?,28?,33?,41+/m1/s1. The van der Waals surface area contributed by atoms with E-state index in [-0.39, 0.29) is 47.4 Å². The van der Waals surface area contributed by atoms with Crippen molar-refractivity contribution in [3.05, 3.63) is 81.7 Å². The first-order valence-electron chi connectivity index (χ1n) is 19.0. The van der Waals surface area contributed by atoms with E-state index in [1.807, 2.05) is 0 Å². The second-order valence-corrected chi connectivity index (χ2v) is 15.1. The molecule has 4 aliphatic rings. The fourth-order valence-electron chi connectivity index (χ4n) is 8.39. The maximum Gasteiger partial charge on any atom is 0.329 e. The van der Waals surface area contributed by atoms with E-state index < -0.39 is 126 Å². The van der Waals surface area contributed by atoms with Crippen molar-refractivity contribution in [3.63, 3.8) is 0 Å². The molecule has 18 heteroatoms. The van der Waals surface area contributed by atoms with Gasteiger partial charge in [0.1, 0.15) is 53.7 Å². The monoisotopic (exact) mass is 817 g/mol. The predicted octanol–water partition coefficient (Wildman–Crippen LogP) is 0.790. The molecule has 5 unspecified atom stereocenters. The van der Waals surface area contributed by atoms with E-state index in [0.717, 1.165) is 0 Å². The van der Waals surface area contributed by atoms with Crippen LogP contribution in [0.4, 0.5) is 0 Å². The van der Waals surface area contributed by atoms with Crippen molar-refractivity contribution in [1.29, 1.82) is 0 Å². The highest BCUT2D eigenvalue weighted by Gasteiger charge is 2.51. The highest BCUT2D eigenvalue weighted by atomic mass is 16.7. The summed E-state index contributed by atoms with van der Waals surface area (Å²) < 4.78 is 23.3. The van der Waals surface area contributed by atoms with E-state index in [1.54, 1.807) is 0 Å². The molecule has 6 N–H and O–H groups in total. The molecule has 18 nitrogen and oxygen atoms in total. The largest absolute Gasteiger partial charge is 0.507 e. The number of methoxy groups -OCH3 is 1. The average Bonchev–Trinajstić information content (AvgIpc) is 3.72. The number of phenols is 2. The molecule has 7 rings (SSSR count). The van der Waals surface area contributed by atoms with E-state index in [1.165, 1.54) is 68.6 Å². The van der Waals surface area contributed by atoms with Gasteiger partial charge >= 0.3 is 5.97 Å². The molecular weight excluding hydrogens is 774 g/mol. The van der Waals surface area contributed by atoms with Crippen LogP contribution in [0, 0.1) is 0 Å². The van der Waals surface area contributed by atoms with Gasteiger partial charge in [-0.3, -0.25) is 29.0 Å². The number of ketones is 3. The Morgan fingerprint density at radius 1 is 1.05 bits per heavy atom. The van der Waals surface area contributed by atoms with Crippen LogP contribution in [-0.4, -0.2) is 133 Å². The second kappa shape index (κ2) is 16.1. The van der Waals surface area contributed by atoms with Crippen molar-refractivity contribution in [1.82, 2.24) is 15.2 Å². The Balaban J connectivity index is 1.14. The number of Topliss-reactive ketones (excluding diaryl/α,β-unsaturated/α-hetero) is 1. The van der Waals surface area contributed by atoms with Crippen LogP contribution in [-0.2, 0) is 35.0 Å². The Hall–Kier alpha value is -5.79. The van der Waals surface area contributed by atoms with Crippen LogP contribution in [0.3, 0.4) is 0 Å². The molecule has 1 aromatic heterocycles. The molecule has 2 amide bonds. The third-order valence-electron chi connectivity index (χ3n) is 11.4. The van der Waals surface area contributed by atoms with E-state index >= 15 is 0 Å². The summed E-state index contributed by atoms with van der Waals surface area (Å²) in [5, 5.41) is 58.6. The predicted molar refractivity (Wildman–Crippen MR) is 200 cm³/mol. The Kier molecular flexibility index (Phi) is 11.3. The number of ether oxygens (including phenoxy) is 4. The number of aliphatic hydroxyl groups excluding tert-OH is 2. The average molecular weight is 818 g/mol. The van der Waals surface area contributed by atoms with Crippen molar-refractivity contribution in [3.8, 4) is 17.2 Å². The molecule has 312 valence electrons. The van der Waals surface area contributed by atoms with Crippen molar-refractivity contribution < 1.29 is 73.2 Å². The molecule has 3 aromatic rings. The van der Waals surface area contributed by atoms with Gasteiger partial charge in [-0.15, -0.1) is 0 Å². The van der Waals surface area contributed by atoms with Crippen LogP contribution in [0.5, 0.6) is 17.2 Å². The number of nitrogens with zero attached hydrogens (tertiary/aromatic N) is 2. The maximum atomic E-state index is 14.0. The van der Waals surface area contributed by atoms with Crippen molar-refractivity contribution in [2.24, 2.45) is 0 Å². The van der Waals surface area contributed by atoms with Crippen LogP contribution in [0.15, 0.2) is 42.7 Å². The van der Waals surface area contributed by atoms with Gasteiger partial charge in [0.15, 0.2) is 17.9 Å². The normalized spacial score (nSPS) is 26.6. The summed E-state index contributed by atoms with van der Waals surface area (Å²) in [5.41, 5.74) is -4.02. The molecule has 2 aliphatic heterocycles. The quantitative estimate of drug-likeness (QED) is 0.0954. The summed E-state index contributed by atoms with van der Waals surface area (Å²) in [6.45, 7) is 2.05. The summed E-state index contributed by atoms with van der Waals surface area (Å²) in [5.74, 6) is -6.14. The number of amides is 2. The Morgan fingerprint density at radius 2 is 1.76 bits per heavy atom. The molecule has 0 radical (unpaired) electrons. The van der Waals surface area contributed by atoms with Crippen molar-refractivity contribution in [2.45, 2.75) is 94.3 Å². The number of aromatic hydroxyl groups is 2. The minimum absolute atomic E-state index is 0.0370. The number of aromatic nitrogens is 1. The smallest absolute Gasteiger partial charge is 0.329 e. The van der Waals surface area contributed by atoms with Crippen LogP contribution >= 0.6 is 0 Å². The summed E-state index contributed by atoms with van der Waals surface area (Å²) in [6, 6.07) is 5.19. The zero-order valence-electron chi connectivity index (χ0n) is 32.2. The van der Waals surface area contributed by atoms with Crippen molar-refractivity contribution in [2.75, 3.05) is 20.3 Å². The molecule has 59 heavy (non-hydrogen) atoms. The first-order chi connectivity index (χ1) is 28.1. The van der Waals surface area contributed by atoms with Gasteiger partial charge in [-0.1, -0.05) is 12.1 Å². The van der Waals surface area contributed by atoms with E-state index in [2.05, 4.69) is 10.3 Å². The fraction of sp³-hybridized carbons (Fsp3) is 0.439. The number of rotatable bonds is 10. The van der Waals surface area contributed by atoms with Crippen LogP contribution in [0.1, 0.15) is 99.0 Å². The molecule has 2 saturated heterocycles. The molecule has 2 fully saturated rings. The lowest BCUT2D eigenvalue weighted by Gasteiger charge is -2.42. The SMILES string of the molecule is COc1cccc2c1C(=O)c1c(O)c3c(c(O)c1C2=O)C[C@@](O)(C(=O)CO)CC3OC1CC(OC(=O)[C@@H]2CCCN2C(=O)[C@@H](C)NC(=O)c2ccncc2)C(O)C(C)O1. The molecular formula is C41H43N3O15. The van der Waals surface area contributed by atoms with Gasteiger partial charge in [0.2, 0.25) is 11.7 Å². The van der Waals surface area contributed by atoms with Crippen LogP contribution in [0.2, 0.25) is 0 Å². The summed E-state index contributed by atoms with van der Waals surface area (Å²) in [7, 11) is 1.29. The van der Waals surface area contributed by atoms with Gasteiger partial charge in [-0.25, -0.2) is 4.79 Å². The molecule has 0 spiro atoms. The number of hydrogen-bond donors (Lipinski definition) is 6. The minimum Gasteiger partial charge on any atom is -0.507 e. The maximum absolute atomic E-state index is 14.0. The van der Waals surface area contributed by atoms with Gasteiger partial charge in [0.05, 0.1) is 36.0 Å². The first kappa shape index (κ1) is 41.4. The number of pyridine rings is 1. The number of nitrogens with one attached hydrogen (secondary N) is 1. The lowest BCUT2D eigenvalue weighted by atomic mass is 9.72. The lowest BCUT2D eigenvalue weighted by molar-refractivity contribution is -0.269. The number of likely N-dealkylation sites (tertiary alicyclic amines) is 1. The number of benzene rings is 2. The highest BCUT2D eigenvalue weighted by molar-refractivity contribution is 6.31. The Bertz CT molecular complexity index is 2230. The molecule has 2 aliphatic carbocycles. The van der Waals surface area contributed by atoms with E-state index in [4.69, 9.17) is 18.9 Å². The second-order valence-electron chi connectivity index (χ2n) is 15.1. The first-order valence-corrected chi connectivity index (χ1v) is 19.0. The zero-order chi connectivity index (χ0) is 42.5. The Morgan fingerprint density at radius 3 is 2.46 bits per heavy atom. The van der Waals surface area contributed by atoms with E-state index in [0.29, 0.717) is 12.0 Å². The van der Waals surface area contributed by atoms with Crippen molar-refractivity contribution >= 4 is 35.1 Å². The third kappa shape index (κ3) is 7.31. The summed E-state index contributed by atoms with van der Waals surface area (Å²) in [6.07, 6.45) is -4.72. The highest BCUT2D eigenvalue weighted by Crippen LogP contribution is 2.52. The lowest BCUT2D eigenvalue weighted by Crippen LogP contribution is -2.54. The minimum atomic E-state index is -2.40. The third-order valence-corrected chi connectivity index (χ3v) is 11.4. The van der Waals surface area contributed by atoms with Crippen LogP contribution < -0.4 is 10.1 Å². The molecule has 8 atom stereocenters. The molecule has 0 saturated carbocycles. The van der Waals surface area contributed by atoms with Gasteiger partial charge < -0.3 is 54.7 Å².